The molecule has 0 amide bonds. The van der Waals surface area contributed by atoms with Crippen LogP contribution in [0.2, 0.25) is 0 Å². The van der Waals surface area contributed by atoms with Crippen LogP contribution in [0.3, 0.4) is 0 Å². The number of pyridine rings is 1. The van der Waals surface area contributed by atoms with Crippen molar-refractivity contribution < 1.29 is 14.3 Å². The van der Waals surface area contributed by atoms with Crippen LogP contribution in [-0.2, 0) is 0 Å². The number of para-hydroxylation sites is 1. The number of fused-ring (bicyclic) bond motifs is 1. The highest BCUT2D eigenvalue weighted by Gasteiger charge is 2.13. The molecular formula is C18H15NO3. The summed E-state index contributed by atoms with van der Waals surface area (Å²) >= 11 is 0. The van der Waals surface area contributed by atoms with Crippen LogP contribution in [0.5, 0.6) is 11.5 Å². The molecule has 4 nitrogen and oxygen atoms in total. The molecule has 0 N–H and O–H groups in total. The third-order valence-electron chi connectivity index (χ3n) is 3.53. The van der Waals surface area contributed by atoms with Gasteiger partial charge in [-0.25, -0.2) is 4.98 Å². The number of rotatable bonds is 4. The van der Waals surface area contributed by atoms with Gasteiger partial charge in [0.2, 0.25) is 0 Å². The number of aldehydes is 1. The number of hydrogen-bond acceptors (Lipinski definition) is 4. The van der Waals surface area contributed by atoms with Crippen molar-refractivity contribution in [3.8, 4) is 22.8 Å². The minimum atomic E-state index is 0.432. The first kappa shape index (κ1) is 14.1. The average molecular weight is 293 g/mol. The number of methoxy groups -OCH3 is 2. The maximum atomic E-state index is 11.3. The molecule has 110 valence electrons. The van der Waals surface area contributed by atoms with E-state index in [1.54, 1.807) is 13.2 Å². The molecule has 4 heteroatoms. The van der Waals surface area contributed by atoms with Gasteiger partial charge in [0.05, 0.1) is 31.0 Å². The lowest BCUT2D eigenvalue weighted by Crippen LogP contribution is -1.97. The summed E-state index contributed by atoms with van der Waals surface area (Å²) in [7, 11) is 3.06. The van der Waals surface area contributed by atoms with Gasteiger partial charge >= 0.3 is 0 Å². The Morgan fingerprint density at radius 2 is 1.82 bits per heavy atom. The van der Waals surface area contributed by atoms with Crippen molar-refractivity contribution in [3.63, 3.8) is 0 Å². The number of aromatic nitrogens is 1. The Labute approximate surface area is 128 Å². The van der Waals surface area contributed by atoms with Gasteiger partial charge in [0.25, 0.3) is 0 Å². The normalized spacial score (nSPS) is 10.5. The number of carbonyl (C=O) groups is 1. The molecule has 1 heterocycles. The van der Waals surface area contributed by atoms with Crippen molar-refractivity contribution in [2.24, 2.45) is 0 Å². The lowest BCUT2D eigenvalue weighted by molar-refractivity contribution is 0.112. The van der Waals surface area contributed by atoms with E-state index in [9.17, 15) is 4.79 Å². The predicted molar refractivity (Wildman–Crippen MR) is 85.7 cm³/mol. The number of benzene rings is 2. The van der Waals surface area contributed by atoms with Crippen molar-refractivity contribution >= 4 is 17.2 Å². The summed E-state index contributed by atoms with van der Waals surface area (Å²) in [5.74, 6) is 0.944. The summed E-state index contributed by atoms with van der Waals surface area (Å²) in [6.45, 7) is 0. The zero-order valence-electron chi connectivity index (χ0n) is 12.4. The first-order chi connectivity index (χ1) is 10.8. The van der Waals surface area contributed by atoms with Crippen LogP contribution in [0.1, 0.15) is 10.4 Å². The number of carbonyl (C=O) groups excluding carboxylic acids is 1. The van der Waals surface area contributed by atoms with Crippen molar-refractivity contribution in [3.05, 3.63) is 54.1 Å². The molecule has 3 aromatic rings. The second kappa shape index (κ2) is 5.85. The van der Waals surface area contributed by atoms with Gasteiger partial charge in [0.15, 0.2) is 17.8 Å². The van der Waals surface area contributed by atoms with Crippen molar-refractivity contribution in [1.82, 2.24) is 4.98 Å². The third kappa shape index (κ3) is 2.39. The molecule has 2 aromatic carbocycles. The highest BCUT2D eigenvalue weighted by atomic mass is 16.5. The van der Waals surface area contributed by atoms with Crippen molar-refractivity contribution in [2.75, 3.05) is 14.2 Å². The molecule has 0 atom stereocenters. The van der Waals surface area contributed by atoms with Gasteiger partial charge in [0.1, 0.15) is 0 Å². The Hall–Kier alpha value is -2.88. The lowest BCUT2D eigenvalue weighted by Gasteiger charge is -2.12. The summed E-state index contributed by atoms with van der Waals surface area (Å²) in [5.41, 5.74) is 2.93. The van der Waals surface area contributed by atoms with Crippen molar-refractivity contribution in [1.29, 1.82) is 0 Å². The fraction of sp³-hybridized carbons (Fsp3) is 0.111. The molecular weight excluding hydrogens is 278 g/mol. The molecule has 0 spiro atoms. The largest absolute Gasteiger partial charge is 0.493 e. The van der Waals surface area contributed by atoms with Gasteiger partial charge in [-0.1, -0.05) is 24.3 Å². The fourth-order valence-corrected chi connectivity index (χ4v) is 2.46. The molecule has 0 unspecified atom stereocenters. The van der Waals surface area contributed by atoms with E-state index < -0.39 is 0 Å². The van der Waals surface area contributed by atoms with E-state index in [0.717, 1.165) is 28.4 Å². The van der Waals surface area contributed by atoms with Crippen molar-refractivity contribution in [2.45, 2.75) is 0 Å². The lowest BCUT2D eigenvalue weighted by atomic mass is 10.0. The van der Waals surface area contributed by atoms with E-state index >= 15 is 0 Å². The van der Waals surface area contributed by atoms with Crippen LogP contribution >= 0.6 is 0 Å². The standard InChI is InChI=1S/C18H15NO3/c1-21-17-10-13(9-14(11-20)18(17)22-2)16-8-7-12-5-3-4-6-15(12)19-16/h3-11H,1-2H3. The average Bonchev–Trinajstić information content (AvgIpc) is 2.59. The summed E-state index contributed by atoms with van der Waals surface area (Å²) in [5, 5.41) is 1.07. The minimum absolute atomic E-state index is 0.432. The Morgan fingerprint density at radius 3 is 2.55 bits per heavy atom. The molecule has 0 aliphatic carbocycles. The fourth-order valence-electron chi connectivity index (χ4n) is 2.46. The van der Waals surface area contributed by atoms with Crippen LogP contribution in [-0.4, -0.2) is 25.5 Å². The SMILES string of the molecule is COc1cc(-c2ccc3ccccc3n2)cc(C=O)c1OC. The topological polar surface area (TPSA) is 48.4 Å². The molecule has 1 aromatic heterocycles. The monoisotopic (exact) mass is 293 g/mol. The molecule has 0 fully saturated rings. The molecule has 0 saturated heterocycles. The van der Waals surface area contributed by atoms with Crippen LogP contribution in [0.4, 0.5) is 0 Å². The summed E-state index contributed by atoms with van der Waals surface area (Å²) in [4.78, 5) is 15.9. The van der Waals surface area contributed by atoms with Crippen LogP contribution in [0.15, 0.2) is 48.5 Å². The Morgan fingerprint density at radius 1 is 1.00 bits per heavy atom. The molecule has 3 rings (SSSR count). The highest BCUT2D eigenvalue weighted by Crippen LogP contribution is 2.35. The molecule has 0 aliphatic rings. The summed E-state index contributed by atoms with van der Waals surface area (Å²) in [6.07, 6.45) is 0.756. The smallest absolute Gasteiger partial charge is 0.171 e. The Balaban J connectivity index is 2.19. The van der Waals surface area contributed by atoms with E-state index in [1.165, 1.54) is 7.11 Å². The number of hydrogen-bond donors (Lipinski definition) is 0. The Bertz CT molecular complexity index is 843. The second-order valence-electron chi connectivity index (χ2n) is 4.81. The van der Waals surface area contributed by atoms with Gasteiger partial charge in [-0.3, -0.25) is 4.79 Å². The zero-order valence-corrected chi connectivity index (χ0v) is 12.4. The molecule has 0 bridgehead atoms. The van der Waals surface area contributed by atoms with Crippen LogP contribution in [0, 0.1) is 0 Å². The molecule has 22 heavy (non-hydrogen) atoms. The third-order valence-corrected chi connectivity index (χ3v) is 3.53. The second-order valence-corrected chi connectivity index (χ2v) is 4.81. The van der Waals surface area contributed by atoms with Gasteiger partial charge in [0, 0.05) is 10.9 Å². The maximum Gasteiger partial charge on any atom is 0.171 e. The molecule has 0 saturated carbocycles. The van der Waals surface area contributed by atoms with Crippen LogP contribution < -0.4 is 9.47 Å². The van der Waals surface area contributed by atoms with Gasteiger partial charge < -0.3 is 9.47 Å². The van der Waals surface area contributed by atoms with Gasteiger partial charge in [-0.15, -0.1) is 0 Å². The number of nitrogens with zero attached hydrogens (tertiary/aromatic N) is 1. The first-order valence-corrected chi connectivity index (χ1v) is 6.84. The maximum absolute atomic E-state index is 11.3. The van der Waals surface area contributed by atoms with E-state index in [-0.39, 0.29) is 0 Å². The zero-order chi connectivity index (χ0) is 15.5. The van der Waals surface area contributed by atoms with Gasteiger partial charge in [-0.05, 0) is 24.3 Å². The van der Waals surface area contributed by atoms with E-state index in [2.05, 4.69) is 4.98 Å². The van der Waals surface area contributed by atoms with Crippen LogP contribution in [0.25, 0.3) is 22.2 Å². The summed E-state index contributed by atoms with van der Waals surface area (Å²) < 4.78 is 10.6. The molecule has 0 aliphatic heterocycles. The van der Waals surface area contributed by atoms with E-state index in [1.807, 2.05) is 42.5 Å². The number of ether oxygens (including phenoxy) is 2. The highest BCUT2D eigenvalue weighted by molar-refractivity contribution is 5.86. The summed E-state index contributed by atoms with van der Waals surface area (Å²) in [6, 6.07) is 15.4. The quantitative estimate of drug-likeness (QED) is 0.688. The van der Waals surface area contributed by atoms with Gasteiger partial charge in [-0.2, -0.15) is 0 Å². The van der Waals surface area contributed by atoms with E-state index in [4.69, 9.17) is 9.47 Å². The predicted octanol–water partition coefficient (Wildman–Crippen LogP) is 3.73. The first-order valence-electron chi connectivity index (χ1n) is 6.84. The van der Waals surface area contributed by atoms with E-state index in [0.29, 0.717) is 17.1 Å². The Kier molecular flexibility index (Phi) is 3.74. The minimum Gasteiger partial charge on any atom is -0.493 e. The molecule has 0 radical (unpaired) electrons.